The largest absolute Gasteiger partial charge is 0.505 e. The molecule has 0 aromatic heterocycles. The second-order valence-corrected chi connectivity index (χ2v) is 6.54. The maximum atomic E-state index is 12.7. The molecule has 0 aliphatic carbocycles. The third-order valence-electron chi connectivity index (χ3n) is 4.07. The zero-order chi connectivity index (χ0) is 17.1. The van der Waals surface area contributed by atoms with Crippen LogP contribution < -0.4 is 5.32 Å². The topological polar surface area (TPSA) is 58.6 Å². The van der Waals surface area contributed by atoms with Crippen LogP contribution in [0.1, 0.15) is 24.5 Å². The fourth-order valence-electron chi connectivity index (χ4n) is 2.89. The number of carbonyl (C=O) groups is 1. The van der Waals surface area contributed by atoms with Crippen molar-refractivity contribution in [3.63, 3.8) is 0 Å². The Balaban J connectivity index is 1.80. The smallest absolute Gasteiger partial charge is 0.230 e. The second kappa shape index (κ2) is 7.43. The van der Waals surface area contributed by atoms with E-state index in [1.54, 1.807) is 0 Å². The summed E-state index contributed by atoms with van der Waals surface area (Å²) in [5.74, 6) is -0.645. The van der Waals surface area contributed by atoms with Gasteiger partial charge >= 0.3 is 0 Å². The van der Waals surface area contributed by atoms with Crippen LogP contribution in [-0.4, -0.2) is 17.6 Å². The van der Waals surface area contributed by atoms with Crippen molar-refractivity contribution in [3.05, 3.63) is 58.1 Å². The molecular formula is C18H17Cl2NO3. The van der Waals surface area contributed by atoms with Gasteiger partial charge < -0.3 is 15.2 Å². The van der Waals surface area contributed by atoms with Crippen LogP contribution in [0.3, 0.4) is 0 Å². The van der Waals surface area contributed by atoms with Gasteiger partial charge in [0.05, 0.1) is 22.1 Å². The van der Waals surface area contributed by atoms with E-state index in [9.17, 15) is 9.90 Å². The molecule has 3 rings (SSSR count). The predicted molar refractivity (Wildman–Crippen MR) is 94.6 cm³/mol. The number of aromatic hydroxyl groups is 1. The minimum Gasteiger partial charge on any atom is -0.505 e. The fourth-order valence-corrected chi connectivity index (χ4v) is 3.38. The number of hydrogen-bond acceptors (Lipinski definition) is 3. The van der Waals surface area contributed by atoms with E-state index in [-0.39, 0.29) is 33.7 Å². The second-order valence-electron chi connectivity index (χ2n) is 5.73. The Morgan fingerprint density at radius 1 is 1.17 bits per heavy atom. The van der Waals surface area contributed by atoms with Crippen LogP contribution in [0, 0.1) is 5.92 Å². The molecular weight excluding hydrogens is 349 g/mol. The van der Waals surface area contributed by atoms with Gasteiger partial charge in [-0.25, -0.2) is 0 Å². The Kier molecular flexibility index (Phi) is 5.29. The maximum absolute atomic E-state index is 12.7. The Bertz CT molecular complexity index is 713. The number of benzene rings is 2. The summed E-state index contributed by atoms with van der Waals surface area (Å²) in [4.78, 5) is 12.7. The van der Waals surface area contributed by atoms with Crippen molar-refractivity contribution in [2.45, 2.75) is 18.9 Å². The molecule has 2 aromatic carbocycles. The lowest BCUT2D eigenvalue weighted by Crippen LogP contribution is -2.33. The van der Waals surface area contributed by atoms with Crippen LogP contribution in [0.25, 0.3) is 0 Å². The van der Waals surface area contributed by atoms with Crippen molar-refractivity contribution >= 4 is 34.8 Å². The molecule has 126 valence electrons. The van der Waals surface area contributed by atoms with Gasteiger partial charge in [0, 0.05) is 12.3 Å². The number of phenolic OH excluding ortho intramolecular Hbond substituents is 1. The highest BCUT2D eigenvalue weighted by Crippen LogP contribution is 2.37. The summed E-state index contributed by atoms with van der Waals surface area (Å²) in [6.07, 6.45) is 1.30. The average Bonchev–Trinajstić information content (AvgIpc) is 2.60. The summed E-state index contributed by atoms with van der Waals surface area (Å²) < 4.78 is 5.85. The lowest BCUT2D eigenvalue weighted by Gasteiger charge is -2.31. The van der Waals surface area contributed by atoms with E-state index in [0.29, 0.717) is 12.3 Å². The Hall–Kier alpha value is -1.75. The number of rotatable bonds is 3. The minimum absolute atomic E-state index is 0.0947. The molecule has 24 heavy (non-hydrogen) atoms. The molecule has 0 radical (unpaired) electrons. The van der Waals surface area contributed by atoms with Gasteiger partial charge in [0.25, 0.3) is 0 Å². The number of ether oxygens (including phenoxy) is 1. The van der Waals surface area contributed by atoms with Gasteiger partial charge in [0.1, 0.15) is 0 Å². The Labute approximate surface area is 150 Å². The van der Waals surface area contributed by atoms with E-state index in [2.05, 4.69) is 5.32 Å². The summed E-state index contributed by atoms with van der Waals surface area (Å²) in [6.45, 7) is 0.639. The molecule has 1 aliphatic heterocycles. The van der Waals surface area contributed by atoms with E-state index in [1.807, 2.05) is 30.3 Å². The minimum atomic E-state index is -0.299. The molecule has 1 aliphatic rings. The number of carbonyl (C=O) groups excluding carboxylic acids is 1. The normalized spacial score (nSPS) is 20.6. The predicted octanol–water partition coefficient (Wildman–Crippen LogP) is 4.81. The average molecular weight is 366 g/mol. The first-order chi connectivity index (χ1) is 11.6. The first-order valence-corrected chi connectivity index (χ1v) is 8.47. The quantitative estimate of drug-likeness (QED) is 0.767. The van der Waals surface area contributed by atoms with Gasteiger partial charge in [-0.2, -0.15) is 0 Å². The lowest BCUT2D eigenvalue weighted by atomic mass is 9.88. The van der Waals surface area contributed by atoms with Crippen LogP contribution in [0.2, 0.25) is 10.0 Å². The van der Waals surface area contributed by atoms with E-state index < -0.39 is 0 Å². The Morgan fingerprint density at radius 3 is 2.50 bits per heavy atom. The lowest BCUT2D eigenvalue weighted by molar-refractivity contribution is -0.129. The van der Waals surface area contributed by atoms with Crippen LogP contribution in [0.5, 0.6) is 5.75 Å². The molecule has 1 saturated heterocycles. The first kappa shape index (κ1) is 17.1. The highest BCUT2D eigenvalue weighted by Gasteiger charge is 2.33. The summed E-state index contributed by atoms with van der Waals surface area (Å²) in [5.41, 5.74) is 1.43. The number of amides is 1. The monoisotopic (exact) mass is 365 g/mol. The number of hydrogen-bond donors (Lipinski definition) is 2. The summed E-state index contributed by atoms with van der Waals surface area (Å²) in [6, 6.07) is 12.7. The first-order valence-electron chi connectivity index (χ1n) is 7.71. The molecule has 1 heterocycles. The van der Waals surface area contributed by atoms with Crippen molar-refractivity contribution in [3.8, 4) is 5.75 Å². The maximum Gasteiger partial charge on any atom is 0.230 e. The highest BCUT2D eigenvalue weighted by atomic mass is 35.5. The number of nitrogens with one attached hydrogen (secondary N) is 1. The van der Waals surface area contributed by atoms with E-state index in [4.69, 9.17) is 27.9 Å². The van der Waals surface area contributed by atoms with E-state index in [1.165, 1.54) is 12.1 Å². The van der Waals surface area contributed by atoms with Crippen molar-refractivity contribution < 1.29 is 14.6 Å². The highest BCUT2D eigenvalue weighted by molar-refractivity contribution is 6.37. The van der Waals surface area contributed by atoms with Gasteiger partial charge in [0.15, 0.2) is 5.75 Å². The van der Waals surface area contributed by atoms with E-state index in [0.717, 1.165) is 18.4 Å². The molecule has 1 amide bonds. The van der Waals surface area contributed by atoms with Gasteiger partial charge in [-0.05, 0) is 30.5 Å². The van der Waals surface area contributed by atoms with Gasteiger partial charge in [-0.1, -0.05) is 53.5 Å². The molecule has 4 nitrogen and oxygen atoms in total. The number of anilines is 1. The van der Waals surface area contributed by atoms with Crippen LogP contribution in [0.4, 0.5) is 5.69 Å². The number of halogens is 2. The van der Waals surface area contributed by atoms with Crippen molar-refractivity contribution in [1.82, 2.24) is 0 Å². The molecule has 0 unspecified atom stereocenters. The molecule has 2 N–H and O–H groups in total. The summed E-state index contributed by atoms with van der Waals surface area (Å²) in [7, 11) is 0. The molecule has 1 fully saturated rings. The molecule has 2 aromatic rings. The van der Waals surface area contributed by atoms with Crippen molar-refractivity contribution in [2.24, 2.45) is 5.92 Å². The molecule has 0 spiro atoms. The molecule has 6 heteroatoms. The van der Waals surface area contributed by atoms with Gasteiger partial charge in [0.2, 0.25) is 5.91 Å². The van der Waals surface area contributed by atoms with Gasteiger partial charge in [-0.15, -0.1) is 0 Å². The molecule has 2 atom stereocenters. The van der Waals surface area contributed by atoms with Crippen molar-refractivity contribution in [2.75, 3.05) is 11.9 Å². The van der Waals surface area contributed by atoms with Crippen LogP contribution in [-0.2, 0) is 9.53 Å². The summed E-state index contributed by atoms with van der Waals surface area (Å²) in [5, 5.41) is 12.6. The third-order valence-corrected chi connectivity index (χ3v) is 4.65. The van der Waals surface area contributed by atoms with Crippen LogP contribution >= 0.6 is 23.2 Å². The standard InChI is InChI=1S/C18H17Cl2NO3/c19-14-9-12(10-15(20)16(14)22)21-18(23)13-7-4-8-24-17(13)11-5-2-1-3-6-11/h1-3,5-6,9-10,13,17,22H,4,7-8H2,(H,21,23)/t13-,17-/m1/s1. The van der Waals surface area contributed by atoms with E-state index >= 15 is 0 Å². The molecule has 0 saturated carbocycles. The third kappa shape index (κ3) is 3.66. The van der Waals surface area contributed by atoms with Crippen LogP contribution in [0.15, 0.2) is 42.5 Å². The Morgan fingerprint density at radius 2 is 1.83 bits per heavy atom. The number of phenols is 1. The van der Waals surface area contributed by atoms with Crippen molar-refractivity contribution in [1.29, 1.82) is 0 Å². The fraction of sp³-hybridized carbons (Fsp3) is 0.278. The SMILES string of the molecule is O=C(Nc1cc(Cl)c(O)c(Cl)c1)[C@@H]1CCCO[C@@H]1c1ccccc1. The summed E-state index contributed by atoms with van der Waals surface area (Å²) >= 11 is 11.8. The molecule has 0 bridgehead atoms. The zero-order valence-electron chi connectivity index (χ0n) is 12.8. The van der Waals surface area contributed by atoms with Gasteiger partial charge in [-0.3, -0.25) is 4.79 Å². The zero-order valence-corrected chi connectivity index (χ0v) is 14.3.